The molecule has 3 aromatic rings. The maximum atomic E-state index is 13.3. The second-order valence-corrected chi connectivity index (χ2v) is 9.65. The smallest absolute Gasteiger partial charge is 0.323 e. The topological polar surface area (TPSA) is 84.7 Å². The molecule has 1 saturated carbocycles. The number of rotatable bonds is 10. The zero-order valence-corrected chi connectivity index (χ0v) is 20.7. The molecule has 7 heteroatoms. The molecule has 0 saturated heterocycles. The third-order valence-corrected chi connectivity index (χ3v) is 6.53. The van der Waals surface area contributed by atoms with E-state index in [0.717, 1.165) is 35.3 Å². The van der Waals surface area contributed by atoms with Crippen LogP contribution in [-0.4, -0.2) is 44.1 Å². The number of fused-ring (bicyclic) bond motifs is 1. The first-order valence-electron chi connectivity index (χ1n) is 12.6. The van der Waals surface area contributed by atoms with Crippen LogP contribution in [0.1, 0.15) is 69.7 Å². The fourth-order valence-electron chi connectivity index (χ4n) is 4.97. The van der Waals surface area contributed by atoms with E-state index >= 15 is 0 Å². The van der Waals surface area contributed by atoms with Crippen LogP contribution in [-0.2, 0) is 22.7 Å². The number of aromatic nitrogens is 2. The molecule has 1 fully saturated rings. The Hall–Kier alpha value is -3.35. The van der Waals surface area contributed by atoms with Crippen LogP contribution in [0.25, 0.3) is 11.0 Å². The third kappa shape index (κ3) is 6.41. The third-order valence-electron chi connectivity index (χ3n) is 6.53. The van der Waals surface area contributed by atoms with Gasteiger partial charge in [0.25, 0.3) is 0 Å². The van der Waals surface area contributed by atoms with E-state index in [1.54, 1.807) is 0 Å². The zero-order chi connectivity index (χ0) is 24.8. The van der Waals surface area contributed by atoms with Gasteiger partial charge < -0.3 is 19.3 Å². The molecule has 0 spiro atoms. The lowest BCUT2D eigenvalue weighted by Crippen LogP contribution is -2.35. The summed E-state index contributed by atoms with van der Waals surface area (Å²) in [6.07, 6.45) is 6.18. The quantitative estimate of drug-likeness (QED) is 0.424. The first kappa shape index (κ1) is 24.8. The number of carbonyl (C=O) groups excluding carboxylic acids is 1. The van der Waals surface area contributed by atoms with Gasteiger partial charge in [0.05, 0.1) is 17.1 Å². The highest BCUT2D eigenvalue weighted by Gasteiger charge is 2.24. The van der Waals surface area contributed by atoms with Gasteiger partial charge in [-0.3, -0.25) is 9.59 Å². The average molecular weight is 478 g/mol. The average Bonchev–Trinajstić information content (AvgIpc) is 3.21. The minimum atomic E-state index is -1.02. The highest BCUT2D eigenvalue weighted by atomic mass is 16.5. The maximum Gasteiger partial charge on any atom is 0.323 e. The highest BCUT2D eigenvalue weighted by molar-refractivity contribution is 5.82. The molecular formula is C28H35N3O4. The first-order valence-corrected chi connectivity index (χ1v) is 12.6. The summed E-state index contributed by atoms with van der Waals surface area (Å²) >= 11 is 0. The number of carboxylic acid groups (broad SMARTS) is 1. The second-order valence-electron chi connectivity index (χ2n) is 9.65. The van der Waals surface area contributed by atoms with Crippen molar-refractivity contribution in [2.75, 3.05) is 6.54 Å². The van der Waals surface area contributed by atoms with Crippen LogP contribution in [0.5, 0.6) is 5.75 Å². The van der Waals surface area contributed by atoms with Crippen molar-refractivity contribution in [3.63, 3.8) is 0 Å². The molecule has 0 atom stereocenters. The number of ether oxygens (including phenoxy) is 1. The number of hydrogen-bond acceptors (Lipinski definition) is 4. The van der Waals surface area contributed by atoms with Crippen LogP contribution in [0, 0.1) is 0 Å². The lowest BCUT2D eigenvalue weighted by molar-refractivity contribution is -0.145. The summed E-state index contributed by atoms with van der Waals surface area (Å²) in [4.78, 5) is 31.2. The van der Waals surface area contributed by atoms with Crippen molar-refractivity contribution >= 4 is 22.9 Å². The fourth-order valence-corrected chi connectivity index (χ4v) is 4.97. The Bertz CT molecular complexity index is 1160. The van der Waals surface area contributed by atoms with Gasteiger partial charge >= 0.3 is 5.97 Å². The summed E-state index contributed by atoms with van der Waals surface area (Å²) in [6.45, 7) is 4.27. The van der Waals surface area contributed by atoms with Crippen LogP contribution in [0.15, 0.2) is 48.5 Å². The predicted molar refractivity (Wildman–Crippen MR) is 135 cm³/mol. The largest absolute Gasteiger partial charge is 0.491 e. The molecule has 0 radical (unpaired) electrons. The molecule has 2 aromatic carbocycles. The van der Waals surface area contributed by atoms with E-state index in [-0.39, 0.29) is 31.5 Å². The van der Waals surface area contributed by atoms with Crippen molar-refractivity contribution in [1.29, 1.82) is 0 Å². The van der Waals surface area contributed by atoms with Crippen LogP contribution >= 0.6 is 0 Å². The number of para-hydroxylation sites is 2. The number of amides is 1. The van der Waals surface area contributed by atoms with Crippen molar-refractivity contribution in [2.24, 2.45) is 0 Å². The van der Waals surface area contributed by atoms with E-state index in [1.807, 2.05) is 62.4 Å². The second kappa shape index (κ2) is 11.4. The summed E-state index contributed by atoms with van der Waals surface area (Å²) < 4.78 is 7.94. The molecule has 186 valence electrons. The molecule has 1 amide bonds. The van der Waals surface area contributed by atoms with Gasteiger partial charge in [-0.2, -0.15) is 0 Å². The molecule has 1 aromatic heterocycles. The molecule has 0 unspecified atom stereocenters. The van der Waals surface area contributed by atoms with Gasteiger partial charge in [0, 0.05) is 25.4 Å². The van der Waals surface area contributed by atoms with Crippen molar-refractivity contribution in [3.05, 3.63) is 59.9 Å². The number of benzene rings is 2. The van der Waals surface area contributed by atoms with Crippen LogP contribution in [0.4, 0.5) is 0 Å². The van der Waals surface area contributed by atoms with Crippen LogP contribution in [0.2, 0.25) is 0 Å². The highest BCUT2D eigenvalue weighted by Crippen LogP contribution is 2.34. The van der Waals surface area contributed by atoms with Gasteiger partial charge in [0.2, 0.25) is 5.91 Å². The lowest BCUT2D eigenvalue weighted by atomic mass is 9.88. The van der Waals surface area contributed by atoms with E-state index in [9.17, 15) is 14.7 Å². The summed E-state index contributed by atoms with van der Waals surface area (Å²) in [6, 6.07) is 15.5. The molecule has 1 aliphatic carbocycles. The number of aryl methyl sites for hydroxylation is 1. The number of nitrogens with zero attached hydrogens (tertiary/aromatic N) is 3. The van der Waals surface area contributed by atoms with E-state index in [2.05, 4.69) is 4.57 Å². The summed E-state index contributed by atoms with van der Waals surface area (Å²) in [7, 11) is 0. The van der Waals surface area contributed by atoms with Crippen LogP contribution in [0.3, 0.4) is 0 Å². The van der Waals surface area contributed by atoms with Crippen molar-refractivity contribution in [3.8, 4) is 5.75 Å². The Morgan fingerprint density at radius 2 is 1.89 bits per heavy atom. The Labute approximate surface area is 206 Å². The Morgan fingerprint density at radius 1 is 1.11 bits per heavy atom. The van der Waals surface area contributed by atoms with Gasteiger partial charge in [-0.1, -0.05) is 43.5 Å². The number of imidazole rings is 1. The van der Waals surface area contributed by atoms with Gasteiger partial charge in [-0.05, 0) is 56.5 Å². The van der Waals surface area contributed by atoms with Gasteiger partial charge in [0.1, 0.15) is 18.1 Å². The van der Waals surface area contributed by atoms with Gasteiger partial charge in [-0.25, -0.2) is 4.98 Å². The lowest BCUT2D eigenvalue weighted by Gasteiger charge is -2.24. The molecule has 1 N–H and O–H groups in total. The SMILES string of the molecule is CC(C)Oc1cccc(CN(CC(=O)O)C(=O)CCn2c(C3CCCCC3)nc3ccccc32)c1. The van der Waals surface area contributed by atoms with E-state index in [4.69, 9.17) is 9.72 Å². The standard InChI is InChI=1S/C28H35N3O4/c1-20(2)35-23-12-8-9-21(17-23)18-30(19-27(33)34)26(32)15-16-31-25-14-7-6-13-24(25)29-28(31)22-10-4-3-5-11-22/h6-9,12-14,17,20,22H,3-5,10-11,15-16,18-19H2,1-2H3,(H,33,34). The van der Waals surface area contributed by atoms with Gasteiger partial charge in [0.15, 0.2) is 0 Å². The van der Waals surface area contributed by atoms with Crippen molar-refractivity contribution in [1.82, 2.24) is 14.5 Å². The molecule has 0 bridgehead atoms. The minimum Gasteiger partial charge on any atom is -0.491 e. The molecule has 0 aliphatic heterocycles. The summed E-state index contributed by atoms with van der Waals surface area (Å²) in [5.41, 5.74) is 2.82. The zero-order valence-electron chi connectivity index (χ0n) is 20.7. The molecule has 7 nitrogen and oxygen atoms in total. The monoisotopic (exact) mass is 477 g/mol. The number of aliphatic carboxylic acids is 1. The molecule has 4 rings (SSSR count). The number of carbonyl (C=O) groups is 2. The molecule has 1 heterocycles. The van der Waals surface area contributed by atoms with E-state index in [0.29, 0.717) is 18.2 Å². The maximum absolute atomic E-state index is 13.3. The molecular weight excluding hydrogens is 442 g/mol. The fraction of sp³-hybridized carbons (Fsp3) is 0.464. The first-order chi connectivity index (χ1) is 16.9. The summed E-state index contributed by atoms with van der Waals surface area (Å²) in [5, 5.41) is 9.46. The normalized spacial score (nSPS) is 14.4. The van der Waals surface area contributed by atoms with Crippen molar-refractivity contribution in [2.45, 2.75) is 77.5 Å². The van der Waals surface area contributed by atoms with Crippen LogP contribution < -0.4 is 4.74 Å². The number of hydrogen-bond donors (Lipinski definition) is 1. The van der Waals surface area contributed by atoms with E-state index < -0.39 is 5.97 Å². The molecule has 1 aliphatic rings. The van der Waals surface area contributed by atoms with Crippen molar-refractivity contribution < 1.29 is 19.4 Å². The Balaban J connectivity index is 1.52. The van der Waals surface area contributed by atoms with E-state index in [1.165, 1.54) is 24.2 Å². The van der Waals surface area contributed by atoms with Gasteiger partial charge in [-0.15, -0.1) is 0 Å². The number of carboxylic acids is 1. The Morgan fingerprint density at radius 3 is 2.63 bits per heavy atom. The predicted octanol–water partition coefficient (Wildman–Crippen LogP) is 5.37. The summed E-state index contributed by atoms with van der Waals surface area (Å²) in [5.74, 6) is 0.966. The Kier molecular flexibility index (Phi) is 8.06. The molecule has 35 heavy (non-hydrogen) atoms. The minimum absolute atomic E-state index is 0.0327.